The Bertz CT molecular complexity index is 1340. The van der Waals surface area contributed by atoms with Crippen LogP contribution in [0, 0.1) is 22.7 Å². The fraction of sp³-hybridized carbons (Fsp3) is 0.240. The van der Waals surface area contributed by atoms with Crippen LogP contribution in [0.2, 0.25) is 0 Å². The number of nitrogens with one attached hydrogen (secondary N) is 5. The van der Waals surface area contributed by atoms with Crippen LogP contribution in [0.4, 0.5) is 4.79 Å². The molecule has 3 aromatic rings. The van der Waals surface area contributed by atoms with Crippen molar-refractivity contribution < 1.29 is 14.4 Å². The quantitative estimate of drug-likeness (QED) is 0.249. The maximum Gasteiger partial charge on any atom is 0.322 e. The number of hydrogen-bond donors (Lipinski definition) is 5. The SMILES string of the molecule is N#CCNC(=O)C(CNC(=O)C#N)(NC(=O)NC1CC1c1ccccc1)c1c[nH]c2ccccc12. The first-order chi connectivity index (χ1) is 17.0. The third-order valence-electron chi connectivity index (χ3n) is 6.04. The Kier molecular flexibility index (Phi) is 6.65. The summed E-state index contributed by atoms with van der Waals surface area (Å²) in [5.74, 6) is -1.50. The highest BCUT2D eigenvalue weighted by molar-refractivity contribution is 5.99. The summed E-state index contributed by atoms with van der Waals surface area (Å²) in [6.45, 7) is -0.712. The molecule has 0 radical (unpaired) electrons. The van der Waals surface area contributed by atoms with E-state index in [0.29, 0.717) is 16.5 Å². The Morgan fingerprint density at radius 1 is 1.03 bits per heavy atom. The van der Waals surface area contributed by atoms with Crippen LogP contribution >= 0.6 is 0 Å². The van der Waals surface area contributed by atoms with E-state index in [0.717, 1.165) is 12.0 Å². The lowest BCUT2D eigenvalue weighted by molar-refractivity contribution is -0.127. The summed E-state index contributed by atoms with van der Waals surface area (Å²) in [5.41, 5.74) is 0.394. The molecular formula is C25H23N7O3. The minimum Gasteiger partial charge on any atom is -0.361 e. The molecule has 4 rings (SSSR count). The smallest absolute Gasteiger partial charge is 0.322 e. The molecule has 2 aromatic carbocycles. The number of nitriles is 2. The lowest BCUT2D eigenvalue weighted by atomic mass is 9.88. The minimum absolute atomic E-state index is 0.117. The van der Waals surface area contributed by atoms with Crippen LogP contribution in [-0.2, 0) is 15.1 Å². The molecule has 35 heavy (non-hydrogen) atoms. The first-order valence-electron chi connectivity index (χ1n) is 11.0. The van der Waals surface area contributed by atoms with Crippen molar-refractivity contribution in [2.24, 2.45) is 0 Å². The van der Waals surface area contributed by atoms with Crippen molar-refractivity contribution in [1.29, 1.82) is 10.5 Å². The van der Waals surface area contributed by atoms with Crippen molar-refractivity contribution in [3.63, 3.8) is 0 Å². The van der Waals surface area contributed by atoms with Gasteiger partial charge in [0.05, 0.1) is 12.6 Å². The van der Waals surface area contributed by atoms with Crippen molar-refractivity contribution in [3.05, 3.63) is 71.9 Å². The largest absolute Gasteiger partial charge is 0.361 e. The fourth-order valence-electron chi connectivity index (χ4n) is 4.24. The van der Waals surface area contributed by atoms with Crippen LogP contribution < -0.4 is 21.3 Å². The number of rotatable bonds is 8. The summed E-state index contributed by atoms with van der Waals surface area (Å²) >= 11 is 0. The van der Waals surface area contributed by atoms with Gasteiger partial charge in [-0.2, -0.15) is 10.5 Å². The molecule has 0 bridgehead atoms. The number of urea groups is 1. The summed E-state index contributed by atoms with van der Waals surface area (Å²) in [6, 6.07) is 19.5. The monoisotopic (exact) mass is 469 g/mol. The lowest BCUT2D eigenvalue weighted by Gasteiger charge is -2.33. The van der Waals surface area contributed by atoms with E-state index in [-0.39, 0.29) is 18.5 Å². The molecule has 0 aliphatic heterocycles. The number of aromatic amines is 1. The molecule has 1 heterocycles. The number of carbonyl (C=O) groups is 3. The van der Waals surface area contributed by atoms with Gasteiger partial charge in [-0.15, -0.1) is 0 Å². The van der Waals surface area contributed by atoms with Gasteiger partial charge in [-0.05, 0) is 18.1 Å². The molecule has 1 aliphatic carbocycles. The molecule has 0 spiro atoms. The maximum atomic E-state index is 13.4. The van der Waals surface area contributed by atoms with Crippen LogP contribution in [0.25, 0.3) is 10.9 Å². The van der Waals surface area contributed by atoms with Crippen molar-refractivity contribution in [3.8, 4) is 12.1 Å². The second kappa shape index (κ2) is 9.98. The summed E-state index contributed by atoms with van der Waals surface area (Å²) in [4.78, 5) is 41.5. The number of carbonyl (C=O) groups excluding carboxylic acids is 3. The number of fused-ring (bicyclic) bond motifs is 1. The predicted octanol–water partition coefficient (Wildman–Crippen LogP) is 1.50. The van der Waals surface area contributed by atoms with Crippen molar-refractivity contribution in [2.45, 2.75) is 23.9 Å². The molecule has 1 aliphatic rings. The van der Waals surface area contributed by atoms with Crippen molar-refractivity contribution in [2.75, 3.05) is 13.1 Å². The van der Waals surface area contributed by atoms with Crippen LogP contribution in [0.3, 0.4) is 0 Å². The lowest BCUT2D eigenvalue weighted by Crippen LogP contribution is -2.63. The summed E-state index contributed by atoms with van der Waals surface area (Å²) in [5, 5.41) is 29.1. The highest BCUT2D eigenvalue weighted by Crippen LogP contribution is 2.40. The van der Waals surface area contributed by atoms with Crippen molar-refractivity contribution in [1.82, 2.24) is 26.3 Å². The van der Waals surface area contributed by atoms with Crippen LogP contribution in [0.5, 0.6) is 0 Å². The molecule has 1 aromatic heterocycles. The standard InChI is InChI=1S/C25H23N7O3/c26-10-11-28-23(34)25(15-30-22(33)13-27,19-14-29-20-9-5-4-8-17(19)20)32-24(35)31-21-12-18(21)16-6-2-1-3-7-16/h1-9,14,18,21,29H,11-12,15H2,(H,28,34)(H,30,33)(H2,31,32,35). The van der Waals surface area contributed by atoms with E-state index in [4.69, 9.17) is 10.5 Å². The van der Waals surface area contributed by atoms with Gasteiger partial charge in [0.25, 0.3) is 5.91 Å². The second-order valence-corrected chi connectivity index (χ2v) is 8.25. The minimum atomic E-state index is -1.80. The van der Waals surface area contributed by atoms with E-state index in [1.54, 1.807) is 24.4 Å². The summed E-state index contributed by atoms with van der Waals surface area (Å²) in [6.07, 6.45) is 2.32. The summed E-state index contributed by atoms with van der Waals surface area (Å²) < 4.78 is 0. The van der Waals surface area contributed by atoms with Gasteiger partial charge in [-0.1, -0.05) is 48.5 Å². The highest BCUT2D eigenvalue weighted by Gasteiger charge is 2.46. The molecular weight excluding hydrogens is 446 g/mol. The van der Waals surface area contributed by atoms with E-state index in [1.807, 2.05) is 42.5 Å². The van der Waals surface area contributed by atoms with Crippen LogP contribution in [0.1, 0.15) is 23.5 Å². The Labute approximate surface area is 201 Å². The number of para-hydroxylation sites is 1. The zero-order valence-corrected chi connectivity index (χ0v) is 18.7. The zero-order chi connectivity index (χ0) is 24.8. The average Bonchev–Trinajstić information content (AvgIpc) is 3.51. The van der Waals surface area contributed by atoms with E-state index >= 15 is 0 Å². The normalized spacial score (nSPS) is 17.8. The number of nitrogens with zero attached hydrogens (tertiary/aromatic N) is 2. The summed E-state index contributed by atoms with van der Waals surface area (Å²) in [7, 11) is 0. The number of aromatic nitrogens is 1. The average molecular weight is 470 g/mol. The second-order valence-electron chi connectivity index (χ2n) is 8.25. The van der Waals surface area contributed by atoms with E-state index in [9.17, 15) is 14.4 Å². The molecule has 176 valence electrons. The van der Waals surface area contributed by atoms with Crippen molar-refractivity contribution >= 4 is 28.7 Å². The van der Waals surface area contributed by atoms with Crippen LogP contribution in [0.15, 0.2) is 60.8 Å². The number of benzene rings is 2. The van der Waals surface area contributed by atoms with Gasteiger partial charge in [0, 0.05) is 34.6 Å². The number of amides is 4. The third-order valence-corrected chi connectivity index (χ3v) is 6.04. The van der Waals surface area contributed by atoms with E-state index in [2.05, 4.69) is 26.3 Å². The molecule has 1 saturated carbocycles. The first kappa shape index (κ1) is 23.3. The van der Waals surface area contributed by atoms with Gasteiger partial charge in [-0.25, -0.2) is 4.79 Å². The Morgan fingerprint density at radius 2 is 1.77 bits per heavy atom. The predicted molar refractivity (Wildman–Crippen MR) is 126 cm³/mol. The molecule has 10 heteroatoms. The first-order valence-corrected chi connectivity index (χ1v) is 11.0. The molecule has 1 fully saturated rings. The van der Waals surface area contributed by atoms with E-state index in [1.165, 1.54) is 6.07 Å². The number of hydrogen-bond acceptors (Lipinski definition) is 5. The number of H-pyrrole nitrogens is 1. The third kappa shape index (κ3) is 4.92. The van der Waals surface area contributed by atoms with Gasteiger partial charge in [0.15, 0.2) is 11.6 Å². The van der Waals surface area contributed by atoms with Gasteiger partial charge >= 0.3 is 11.9 Å². The van der Waals surface area contributed by atoms with Gasteiger partial charge in [-0.3, -0.25) is 9.59 Å². The van der Waals surface area contributed by atoms with Crippen LogP contribution in [-0.4, -0.2) is 42.0 Å². The van der Waals surface area contributed by atoms with E-state index < -0.39 is 29.9 Å². The fourth-order valence-corrected chi connectivity index (χ4v) is 4.24. The zero-order valence-electron chi connectivity index (χ0n) is 18.7. The maximum absolute atomic E-state index is 13.4. The Morgan fingerprint density at radius 3 is 2.51 bits per heavy atom. The Hall–Kier alpha value is -4.83. The molecule has 5 N–H and O–H groups in total. The molecule has 3 unspecified atom stereocenters. The highest BCUT2D eigenvalue weighted by atomic mass is 16.2. The van der Waals surface area contributed by atoms with Gasteiger partial charge < -0.3 is 26.3 Å². The molecule has 0 saturated heterocycles. The Balaban J connectivity index is 1.66. The molecule has 3 atom stereocenters. The van der Waals surface area contributed by atoms with Gasteiger partial charge in [0.2, 0.25) is 0 Å². The van der Waals surface area contributed by atoms with Gasteiger partial charge in [0.1, 0.15) is 6.54 Å². The molecule has 10 nitrogen and oxygen atoms in total. The molecule has 4 amide bonds. The topological polar surface area (TPSA) is 163 Å².